The Labute approximate surface area is 147 Å². The van der Waals surface area contributed by atoms with Gasteiger partial charge in [0.15, 0.2) is 11.1 Å². The number of guanidine groups is 1. The van der Waals surface area contributed by atoms with Crippen molar-refractivity contribution in [1.29, 1.82) is 0 Å². The van der Waals surface area contributed by atoms with Gasteiger partial charge in [-0.15, -0.1) is 11.3 Å². The normalized spacial score (nSPS) is 10.4. The fourth-order valence-electron chi connectivity index (χ4n) is 2.01. The number of nitrogens with one attached hydrogen (secondary N) is 1. The zero-order chi connectivity index (χ0) is 17.1. The second kappa shape index (κ2) is 6.85. The maximum atomic E-state index is 5.40. The average molecular weight is 360 g/mol. The minimum Gasteiger partial charge on any atom is -0.497 e. The van der Waals surface area contributed by atoms with Gasteiger partial charge >= 0.3 is 0 Å². The SMILES string of the molecule is COc1ccc(Nc2nc(-c3sc(N=C(N)N)nc3C)cs2)cc1. The van der Waals surface area contributed by atoms with Crippen LogP contribution in [0.15, 0.2) is 34.6 Å². The van der Waals surface area contributed by atoms with Gasteiger partial charge in [0.05, 0.1) is 23.4 Å². The molecule has 3 aromatic rings. The Kier molecular flexibility index (Phi) is 4.63. The fraction of sp³-hybridized carbons (Fsp3) is 0.133. The highest BCUT2D eigenvalue weighted by molar-refractivity contribution is 7.19. The minimum absolute atomic E-state index is 0.00422. The summed E-state index contributed by atoms with van der Waals surface area (Å²) in [4.78, 5) is 13.9. The molecule has 24 heavy (non-hydrogen) atoms. The van der Waals surface area contributed by atoms with Gasteiger partial charge in [-0.2, -0.15) is 4.99 Å². The molecule has 0 saturated carbocycles. The standard InChI is InChI=1S/C15H16N6OS2/c1-8-12(24-15(18-8)21-13(16)17)11-7-23-14(20-11)19-9-3-5-10(22-2)6-4-9/h3-7H,1-2H3,(H,19,20)(H4,16,17,18,21). The van der Waals surface area contributed by atoms with Gasteiger partial charge in [-0.1, -0.05) is 11.3 Å². The first kappa shape index (κ1) is 16.2. The molecule has 5 N–H and O–H groups in total. The molecule has 124 valence electrons. The Bertz CT molecular complexity index is 864. The van der Waals surface area contributed by atoms with Crippen LogP contribution >= 0.6 is 22.7 Å². The third-order valence-electron chi connectivity index (χ3n) is 3.09. The van der Waals surface area contributed by atoms with E-state index in [1.165, 1.54) is 22.7 Å². The van der Waals surface area contributed by atoms with Crippen molar-refractivity contribution in [1.82, 2.24) is 9.97 Å². The largest absolute Gasteiger partial charge is 0.497 e. The van der Waals surface area contributed by atoms with Gasteiger partial charge in [-0.25, -0.2) is 9.97 Å². The van der Waals surface area contributed by atoms with E-state index in [1.807, 2.05) is 36.6 Å². The summed E-state index contributed by atoms with van der Waals surface area (Å²) >= 11 is 2.93. The molecule has 0 amide bonds. The molecule has 0 fully saturated rings. The number of ether oxygens (including phenoxy) is 1. The van der Waals surface area contributed by atoms with Crippen LogP contribution in [0.1, 0.15) is 5.69 Å². The highest BCUT2D eigenvalue weighted by Gasteiger charge is 2.13. The molecular weight excluding hydrogens is 344 g/mol. The van der Waals surface area contributed by atoms with Gasteiger partial charge in [0.2, 0.25) is 5.13 Å². The first-order valence-corrected chi connectivity index (χ1v) is 8.69. The number of hydrogen-bond acceptors (Lipinski definition) is 7. The lowest BCUT2D eigenvalue weighted by Gasteiger charge is -2.03. The highest BCUT2D eigenvalue weighted by atomic mass is 32.1. The summed E-state index contributed by atoms with van der Waals surface area (Å²) in [7, 11) is 1.64. The Hall–Kier alpha value is -2.65. The number of aromatic nitrogens is 2. The second-order valence-electron chi connectivity index (χ2n) is 4.84. The quantitative estimate of drug-likeness (QED) is 0.476. The molecule has 0 aliphatic carbocycles. The maximum Gasteiger partial charge on any atom is 0.213 e. The van der Waals surface area contributed by atoms with E-state index in [0.717, 1.165) is 32.8 Å². The zero-order valence-electron chi connectivity index (χ0n) is 13.1. The summed E-state index contributed by atoms with van der Waals surface area (Å²) < 4.78 is 5.15. The van der Waals surface area contributed by atoms with Gasteiger partial charge < -0.3 is 21.5 Å². The lowest BCUT2D eigenvalue weighted by atomic mass is 10.3. The van der Waals surface area contributed by atoms with Crippen molar-refractivity contribution >= 4 is 44.6 Å². The summed E-state index contributed by atoms with van der Waals surface area (Å²) in [5, 5.41) is 6.58. The van der Waals surface area contributed by atoms with E-state index in [2.05, 4.69) is 20.3 Å². The summed E-state index contributed by atoms with van der Waals surface area (Å²) in [6.07, 6.45) is 0. The molecule has 0 aliphatic heterocycles. The van der Waals surface area contributed by atoms with Crippen molar-refractivity contribution < 1.29 is 4.74 Å². The number of nitrogens with zero attached hydrogens (tertiary/aromatic N) is 3. The van der Waals surface area contributed by atoms with Gasteiger partial charge in [0, 0.05) is 11.1 Å². The van der Waals surface area contributed by atoms with E-state index in [1.54, 1.807) is 7.11 Å². The Morgan fingerprint density at radius 2 is 1.96 bits per heavy atom. The van der Waals surface area contributed by atoms with Crippen LogP contribution in [-0.4, -0.2) is 23.0 Å². The lowest BCUT2D eigenvalue weighted by molar-refractivity contribution is 0.415. The summed E-state index contributed by atoms with van der Waals surface area (Å²) in [6, 6.07) is 7.67. The van der Waals surface area contributed by atoms with E-state index in [9.17, 15) is 0 Å². The molecular formula is C15H16N6OS2. The molecule has 9 heteroatoms. The Morgan fingerprint density at radius 3 is 2.62 bits per heavy atom. The molecule has 0 saturated heterocycles. The minimum atomic E-state index is -0.00422. The molecule has 0 radical (unpaired) electrons. The maximum absolute atomic E-state index is 5.40. The Morgan fingerprint density at radius 1 is 1.21 bits per heavy atom. The fourth-order valence-corrected chi connectivity index (χ4v) is 3.73. The first-order chi connectivity index (χ1) is 11.5. The molecule has 0 unspecified atom stereocenters. The third kappa shape index (κ3) is 3.63. The number of aliphatic imine (C=N–C) groups is 1. The molecule has 0 bridgehead atoms. The highest BCUT2D eigenvalue weighted by Crippen LogP contribution is 2.36. The van der Waals surface area contributed by atoms with Crippen LogP contribution in [0, 0.1) is 6.92 Å². The van der Waals surface area contributed by atoms with E-state index in [4.69, 9.17) is 16.2 Å². The zero-order valence-corrected chi connectivity index (χ0v) is 14.7. The number of benzene rings is 1. The Balaban J connectivity index is 1.80. The van der Waals surface area contributed by atoms with Crippen LogP contribution in [0.2, 0.25) is 0 Å². The predicted octanol–water partition coefficient (Wildman–Crippen LogP) is 3.23. The topological polar surface area (TPSA) is 111 Å². The van der Waals surface area contributed by atoms with Crippen LogP contribution in [0.25, 0.3) is 10.6 Å². The number of rotatable bonds is 5. The molecule has 3 rings (SSSR count). The number of thiazole rings is 2. The number of aryl methyl sites for hydroxylation is 1. The second-order valence-corrected chi connectivity index (χ2v) is 6.67. The molecule has 1 aromatic carbocycles. The number of nitrogens with two attached hydrogens (primary N) is 2. The molecule has 2 heterocycles. The molecule has 0 atom stereocenters. The number of hydrogen-bond donors (Lipinski definition) is 3. The van der Waals surface area contributed by atoms with Crippen molar-refractivity contribution in [3.8, 4) is 16.3 Å². The predicted molar refractivity (Wildman–Crippen MR) is 99.7 cm³/mol. The van der Waals surface area contributed by atoms with E-state index in [0.29, 0.717) is 5.13 Å². The van der Waals surface area contributed by atoms with Gasteiger partial charge in [0.25, 0.3) is 0 Å². The van der Waals surface area contributed by atoms with Gasteiger partial charge in [-0.3, -0.25) is 0 Å². The van der Waals surface area contributed by atoms with Crippen molar-refractivity contribution in [3.63, 3.8) is 0 Å². The van der Waals surface area contributed by atoms with Gasteiger partial charge in [-0.05, 0) is 31.2 Å². The third-order valence-corrected chi connectivity index (χ3v) is 4.92. The molecule has 2 aromatic heterocycles. The molecule has 0 spiro atoms. The van der Waals surface area contributed by atoms with Crippen molar-refractivity contribution in [2.24, 2.45) is 16.5 Å². The summed E-state index contributed by atoms with van der Waals surface area (Å²) in [5.74, 6) is 0.809. The van der Waals surface area contributed by atoms with Crippen molar-refractivity contribution in [3.05, 3.63) is 35.3 Å². The van der Waals surface area contributed by atoms with E-state index < -0.39 is 0 Å². The number of anilines is 2. The summed E-state index contributed by atoms with van der Waals surface area (Å²) in [6.45, 7) is 1.91. The van der Waals surface area contributed by atoms with E-state index in [-0.39, 0.29) is 5.96 Å². The summed E-state index contributed by atoms with van der Waals surface area (Å²) in [5.41, 5.74) is 13.4. The average Bonchev–Trinajstić information content (AvgIpc) is 3.14. The van der Waals surface area contributed by atoms with Crippen molar-refractivity contribution in [2.45, 2.75) is 6.92 Å². The van der Waals surface area contributed by atoms with Gasteiger partial charge in [0.1, 0.15) is 5.75 Å². The van der Waals surface area contributed by atoms with Crippen LogP contribution in [0.5, 0.6) is 5.75 Å². The van der Waals surface area contributed by atoms with Crippen LogP contribution in [-0.2, 0) is 0 Å². The van der Waals surface area contributed by atoms with E-state index >= 15 is 0 Å². The monoisotopic (exact) mass is 360 g/mol. The molecule has 0 aliphatic rings. The van der Waals surface area contributed by atoms with Crippen LogP contribution in [0.4, 0.5) is 16.0 Å². The van der Waals surface area contributed by atoms with Crippen molar-refractivity contribution in [2.75, 3.05) is 12.4 Å². The number of methoxy groups -OCH3 is 1. The van der Waals surface area contributed by atoms with Crippen LogP contribution in [0.3, 0.4) is 0 Å². The smallest absolute Gasteiger partial charge is 0.213 e. The van der Waals surface area contributed by atoms with Crippen LogP contribution < -0.4 is 21.5 Å². The lowest BCUT2D eigenvalue weighted by Crippen LogP contribution is -2.21. The first-order valence-electron chi connectivity index (χ1n) is 6.99. The molecule has 7 nitrogen and oxygen atoms in total.